The van der Waals surface area contributed by atoms with Crippen LogP contribution in [0.4, 0.5) is 5.69 Å². The number of rotatable bonds is 15. The summed E-state index contributed by atoms with van der Waals surface area (Å²) in [6, 6.07) is 31.4. The number of ether oxygens (including phenoxy) is 1. The van der Waals surface area contributed by atoms with Gasteiger partial charge in [-0.25, -0.2) is 4.79 Å². The molecule has 1 atom stereocenters. The molecule has 0 aliphatic heterocycles. The Morgan fingerprint density at radius 2 is 1.35 bits per heavy atom. The van der Waals surface area contributed by atoms with E-state index in [1.165, 1.54) is 0 Å². The van der Waals surface area contributed by atoms with E-state index in [0.717, 1.165) is 5.56 Å². The normalized spacial score (nSPS) is 11.4. The lowest BCUT2D eigenvalue weighted by molar-refractivity contribution is -0.137. The smallest absolute Gasteiger partial charge is 0.326 e. The van der Waals surface area contributed by atoms with Crippen molar-refractivity contribution in [1.29, 1.82) is 0 Å². The Morgan fingerprint density at radius 1 is 0.725 bits per heavy atom. The zero-order valence-corrected chi connectivity index (χ0v) is 22.1. The molecule has 0 saturated heterocycles. The molecule has 4 rings (SSSR count). The first-order valence-corrected chi connectivity index (χ1v) is 13.2. The first-order chi connectivity index (χ1) is 19.5. The number of benzene rings is 4. The fraction of sp³-hybridized carbons (Fsp3) is 0.182. The third-order valence-corrected chi connectivity index (χ3v) is 6.37. The van der Waals surface area contributed by atoms with E-state index in [2.05, 4.69) is 10.6 Å². The minimum atomic E-state index is -1.01. The first-order valence-electron chi connectivity index (χ1n) is 13.2. The molecule has 4 aromatic carbocycles. The summed E-state index contributed by atoms with van der Waals surface area (Å²) in [5.74, 6) is -0.416. The second-order valence-electron chi connectivity index (χ2n) is 9.26. The SMILES string of the molecule is O=C(CCNCCOc1ccc(C[C@H](Nc2ccccc2C(=O)c2ccccc2)C(=O)O)cc1)c1ccccc1. The molecule has 0 aromatic heterocycles. The molecule has 0 fully saturated rings. The van der Waals surface area contributed by atoms with Crippen molar-refractivity contribution in [3.8, 4) is 5.75 Å². The molecule has 0 spiro atoms. The lowest BCUT2D eigenvalue weighted by Crippen LogP contribution is -2.32. The topological polar surface area (TPSA) is 105 Å². The summed E-state index contributed by atoms with van der Waals surface area (Å²) in [4.78, 5) is 37.2. The van der Waals surface area contributed by atoms with Crippen LogP contribution in [0.2, 0.25) is 0 Å². The molecule has 0 amide bonds. The maximum absolute atomic E-state index is 13.0. The lowest BCUT2D eigenvalue weighted by atomic mass is 10.00. The van der Waals surface area contributed by atoms with E-state index in [0.29, 0.717) is 54.2 Å². The zero-order chi connectivity index (χ0) is 28.2. The van der Waals surface area contributed by atoms with Gasteiger partial charge in [0.2, 0.25) is 0 Å². The number of carbonyl (C=O) groups is 3. The van der Waals surface area contributed by atoms with Crippen LogP contribution in [-0.2, 0) is 11.2 Å². The lowest BCUT2D eigenvalue weighted by Gasteiger charge is -2.18. The Labute approximate surface area is 233 Å². The standard InChI is InChI=1S/C33H32N2O5/c36-31(25-9-3-1-4-10-25)19-20-34-21-22-40-27-17-15-24(16-18-27)23-30(33(38)39)35-29-14-8-7-13-28(29)32(37)26-11-5-2-6-12-26/h1-18,30,34-35H,19-23H2,(H,38,39)/t30-/m0/s1. The minimum absolute atomic E-state index is 0.102. The Bertz CT molecular complexity index is 1410. The number of anilines is 1. The van der Waals surface area contributed by atoms with Crippen molar-refractivity contribution in [1.82, 2.24) is 5.32 Å². The largest absolute Gasteiger partial charge is 0.492 e. The number of carbonyl (C=O) groups excluding carboxylic acids is 2. The highest BCUT2D eigenvalue weighted by atomic mass is 16.5. The first kappa shape index (κ1) is 28.3. The van der Waals surface area contributed by atoms with Gasteiger partial charge in [0.25, 0.3) is 0 Å². The van der Waals surface area contributed by atoms with Crippen molar-refractivity contribution in [2.75, 3.05) is 25.0 Å². The number of carboxylic acids is 1. The second kappa shape index (κ2) is 14.4. The number of ketones is 2. The molecule has 0 unspecified atom stereocenters. The van der Waals surface area contributed by atoms with Crippen molar-refractivity contribution < 1.29 is 24.2 Å². The third-order valence-electron chi connectivity index (χ3n) is 6.37. The van der Waals surface area contributed by atoms with Crippen LogP contribution >= 0.6 is 0 Å². The summed E-state index contributed by atoms with van der Waals surface area (Å²) in [5, 5.41) is 16.1. The van der Waals surface area contributed by atoms with Crippen LogP contribution in [0.15, 0.2) is 109 Å². The van der Waals surface area contributed by atoms with Gasteiger partial charge in [0, 0.05) is 48.3 Å². The van der Waals surface area contributed by atoms with Crippen molar-refractivity contribution in [2.24, 2.45) is 0 Å². The van der Waals surface area contributed by atoms with Gasteiger partial charge in [0.15, 0.2) is 11.6 Å². The predicted octanol–water partition coefficient (Wildman–Crippen LogP) is 5.27. The average Bonchev–Trinajstić information content (AvgIpc) is 3.00. The Balaban J connectivity index is 1.26. The Hall–Kier alpha value is -4.75. The highest BCUT2D eigenvalue weighted by Gasteiger charge is 2.21. The van der Waals surface area contributed by atoms with Crippen LogP contribution in [0, 0.1) is 0 Å². The maximum Gasteiger partial charge on any atom is 0.326 e. The minimum Gasteiger partial charge on any atom is -0.492 e. The number of nitrogens with one attached hydrogen (secondary N) is 2. The number of carboxylic acid groups (broad SMARTS) is 1. The van der Waals surface area contributed by atoms with Crippen molar-refractivity contribution in [3.63, 3.8) is 0 Å². The monoisotopic (exact) mass is 536 g/mol. The van der Waals surface area contributed by atoms with E-state index in [-0.39, 0.29) is 18.0 Å². The molecule has 204 valence electrons. The molecule has 4 aromatic rings. The van der Waals surface area contributed by atoms with E-state index < -0.39 is 12.0 Å². The van der Waals surface area contributed by atoms with Gasteiger partial charge in [-0.15, -0.1) is 0 Å². The van der Waals surface area contributed by atoms with E-state index in [1.54, 1.807) is 60.7 Å². The van der Waals surface area contributed by atoms with E-state index in [4.69, 9.17) is 4.74 Å². The van der Waals surface area contributed by atoms with Gasteiger partial charge in [-0.1, -0.05) is 84.9 Å². The van der Waals surface area contributed by atoms with Crippen molar-refractivity contribution in [3.05, 3.63) is 131 Å². The molecule has 0 bridgehead atoms. The molecular weight excluding hydrogens is 504 g/mol. The summed E-state index contributed by atoms with van der Waals surface area (Å²) >= 11 is 0. The maximum atomic E-state index is 13.0. The summed E-state index contributed by atoms with van der Waals surface area (Å²) < 4.78 is 5.77. The van der Waals surface area contributed by atoms with Crippen molar-refractivity contribution in [2.45, 2.75) is 18.9 Å². The van der Waals surface area contributed by atoms with Gasteiger partial charge in [0.05, 0.1) is 0 Å². The van der Waals surface area contributed by atoms with Gasteiger partial charge < -0.3 is 20.5 Å². The summed E-state index contributed by atoms with van der Waals surface area (Å²) in [5.41, 5.74) is 2.96. The van der Waals surface area contributed by atoms with Gasteiger partial charge >= 0.3 is 5.97 Å². The molecule has 0 heterocycles. The molecular formula is C33H32N2O5. The summed E-state index contributed by atoms with van der Waals surface area (Å²) in [6.45, 7) is 1.60. The van der Waals surface area contributed by atoms with E-state index in [9.17, 15) is 19.5 Å². The summed E-state index contributed by atoms with van der Waals surface area (Å²) in [6.07, 6.45) is 0.642. The van der Waals surface area contributed by atoms with Crippen LogP contribution in [0.5, 0.6) is 5.75 Å². The van der Waals surface area contributed by atoms with E-state index >= 15 is 0 Å². The fourth-order valence-electron chi connectivity index (χ4n) is 4.23. The van der Waals surface area contributed by atoms with Crippen LogP contribution in [0.1, 0.15) is 38.3 Å². The molecule has 0 aliphatic carbocycles. The molecule has 40 heavy (non-hydrogen) atoms. The van der Waals surface area contributed by atoms with Crippen LogP contribution < -0.4 is 15.4 Å². The third kappa shape index (κ3) is 8.12. The van der Waals surface area contributed by atoms with Crippen LogP contribution in [0.3, 0.4) is 0 Å². The molecule has 0 radical (unpaired) electrons. The molecule has 7 nitrogen and oxygen atoms in total. The highest BCUT2D eigenvalue weighted by molar-refractivity contribution is 6.12. The number of para-hydroxylation sites is 1. The molecule has 0 saturated carbocycles. The molecule has 0 aliphatic rings. The predicted molar refractivity (Wildman–Crippen MR) is 155 cm³/mol. The van der Waals surface area contributed by atoms with E-state index in [1.807, 2.05) is 48.5 Å². The Morgan fingerprint density at radius 3 is 2.02 bits per heavy atom. The van der Waals surface area contributed by atoms with Gasteiger partial charge in [0.1, 0.15) is 18.4 Å². The average molecular weight is 537 g/mol. The van der Waals surface area contributed by atoms with Gasteiger partial charge in [-0.2, -0.15) is 0 Å². The summed E-state index contributed by atoms with van der Waals surface area (Å²) in [7, 11) is 0. The Kier molecular flexibility index (Phi) is 10.2. The van der Waals surface area contributed by atoms with Crippen molar-refractivity contribution >= 4 is 23.2 Å². The molecule has 3 N–H and O–H groups in total. The number of Topliss-reactive ketones (excluding diaryl/α,β-unsaturated/α-hetero) is 1. The highest BCUT2D eigenvalue weighted by Crippen LogP contribution is 2.22. The van der Waals surface area contributed by atoms with Crippen LogP contribution in [0.25, 0.3) is 0 Å². The number of aliphatic carboxylic acids is 1. The fourth-order valence-corrected chi connectivity index (χ4v) is 4.23. The molecule has 7 heteroatoms. The number of hydrogen-bond acceptors (Lipinski definition) is 6. The number of hydrogen-bond donors (Lipinski definition) is 3. The zero-order valence-electron chi connectivity index (χ0n) is 22.1. The quantitative estimate of drug-likeness (QED) is 0.140. The van der Waals surface area contributed by atoms with Crippen LogP contribution in [-0.4, -0.2) is 48.4 Å². The van der Waals surface area contributed by atoms with Gasteiger partial charge in [-0.05, 0) is 29.8 Å². The second-order valence-corrected chi connectivity index (χ2v) is 9.26. The van der Waals surface area contributed by atoms with Gasteiger partial charge in [-0.3, -0.25) is 9.59 Å².